The summed E-state index contributed by atoms with van der Waals surface area (Å²) >= 11 is 0. The van der Waals surface area contributed by atoms with Crippen molar-refractivity contribution in [2.75, 3.05) is 0 Å². The van der Waals surface area contributed by atoms with Crippen LogP contribution in [0.15, 0.2) is 43.0 Å². The lowest BCUT2D eigenvalue weighted by Crippen LogP contribution is -2.18. The Labute approximate surface area is 135 Å². The van der Waals surface area contributed by atoms with Gasteiger partial charge in [0.05, 0.1) is 5.52 Å². The van der Waals surface area contributed by atoms with E-state index in [0.717, 1.165) is 35.0 Å². The second-order valence-corrected chi connectivity index (χ2v) is 6.50. The number of fused-ring (bicyclic) bond motifs is 1. The SMILES string of the molecule is Cc1ccc(F)c2ccn([C@@H]3CCC[C@H](c4ccncn4)C3)c12. The van der Waals surface area contributed by atoms with Crippen LogP contribution in [-0.2, 0) is 0 Å². The van der Waals surface area contributed by atoms with Crippen molar-refractivity contribution in [2.45, 2.75) is 44.6 Å². The molecule has 1 aliphatic carbocycles. The summed E-state index contributed by atoms with van der Waals surface area (Å²) in [6.07, 6.45) is 10.0. The topological polar surface area (TPSA) is 30.7 Å². The monoisotopic (exact) mass is 309 g/mol. The van der Waals surface area contributed by atoms with Crippen molar-refractivity contribution in [3.63, 3.8) is 0 Å². The maximum atomic E-state index is 14.1. The van der Waals surface area contributed by atoms with Gasteiger partial charge in [-0.15, -0.1) is 0 Å². The van der Waals surface area contributed by atoms with Crippen LogP contribution >= 0.6 is 0 Å². The fourth-order valence-electron chi connectivity index (χ4n) is 3.96. The Morgan fingerprint density at radius 2 is 2.09 bits per heavy atom. The third-order valence-electron chi connectivity index (χ3n) is 5.09. The third-order valence-corrected chi connectivity index (χ3v) is 5.09. The zero-order chi connectivity index (χ0) is 15.8. The van der Waals surface area contributed by atoms with Crippen LogP contribution in [0.2, 0.25) is 0 Å². The summed E-state index contributed by atoms with van der Waals surface area (Å²) in [6, 6.07) is 7.77. The van der Waals surface area contributed by atoms with Crippen molar-refractivity contribution in [1.29, 1.82) is 0 Å². The Bertz CT molecular complexity index is 825. The molecular weight excluding hydrogens is 289 g/mol. The smallest absolute Gasteiger partial charge is 0.132 e. The molecule has 1 fully saturated rings. The Hall–Kier alpha value is -2.23. The first-order valence-electron chi connectivity index (χ1n) is 8.25. The lowest BCUT2D eigenvalue weighted by molar-refractivity contribution is 0.321. The van der Waals surface area contributed by atoms with E-state index in [1.54, 1.807) is 12.4 Å². The van der Waals surface area contributed by atoms with Gasteiger partial charge in [0.25, 0.3) is 0 Å². The van der Waals surface area contributed by atoms with Crippen LogP contribution in [0, 0.1) is 12.7 Å². The van der Waals surface area contributed by atoms with Crippen molar-refractivity contribution in [2.24, 2.45) is 0 Å². The van der Waals surface area contributed by atoms with E-state index in [9.17, 15) is 4.39 Å². The molecule has 0 unspecified atom stereocenters. The minimum Gasteiger partial charge on any atom is -0.344 e. The van der Waals surface area contributed by atoms with Crippen LogP contribution < -0.4 is 0 Å². The third kappa shape index (κ3) is 2.52. The molecule has 2 aromatic heterocycles. The second kappa shape index (κ2) is 5.76. The zero-order valence-corrected chi connectivity index (χ0v) is 13.2. The summed E-state index contributed by atoms with van der Waals surface area (Å²) in [7, 11) is 0. The predicted octanol–water partition coefficient (Wildman–Crippen LogP) is 4.78. The highest BCUT2D eigenvalue weighted by Gasteiger charge is 2.26. The summed E-state index contributed by atoms with van der Waals surface area (Å²) in [6.45, 7) is 2.06. The minimum atomic E-state index is -0.132. The van der Waals surface area contributed by atoms with E-state index in [-0.39, 0.29) is 5.82 Å². The molecule has 4 rings (SSSR count). The summed E-state index contributed by atoms with van der Waals surface area (Å²) in [5, 5.41) is 0.731. The van der Waals surface area contributed by atoms with E-state index in [1.165, 1.54) is 12.8 Å². The van der Waals surface area contributed by atoms with Crippen molar-refractivity contribution < 1.29 is 4.39 Å². The molecule has 3 aromatic rings. The highest BCUT2D eigenvalue weighted by atomic mass is 19.1. The molecule has 0 aliphatic heterocycles. The number of hydrogen-bond donors (Lipinski definition) is 0. The van der Waals surface area contributed by atoms with E-state index in [1.807, 2.05) is 30.6 Å². The van der Waals surface area contributed by atoms with E-state index in [4.69, 9.17) is 0 Å². The molecule has 0 amide bonds. The Balaban J connectivity index is 1.70. The lowest BCUT2D eigenvalue weighted by atomic mass is 9.83. The molecule has 23 heavy (non-hydrogen) atoms. The van der Waals surface area contributed by atoms with Gasteiger partial charge in [0.2, 0.25) is 0 Å². The van der Waals surface area contributed by atoms with Gasteiger partial charge < -0.3 is 4.57 Å². The lowest BCUT2D eigenvalue weighted by Gasteiger charge is -2.30. The van der Waals surface area contributed by atoms with Crippen LogP contribution in [0.4, 0.5) is 4.39 Å². The highest BCUT2D eigenvalue weighted by molar-refractivity contribution is 5.84. The largest absolute Gasteiger partial charge is 0.344 e. The average molecular weight is 309 g/mol. The van der Waals surface area contributed by atoms with Gasteiger partial charge in [0.1, 0.15) is 12.1 Å². The maximum absolute atomic E-state index is 14.1. The molecule has 0 bridgehead atoms. The minimum absolute atomic E-state index is 0.132. The van der Waals surface area contributed by atoms with Crippen molar-refractivity contribution in [3.05, 3.63) is 60.1 Å². The molecule has 0 N–H and O–H groups in total. The van der Waals surface area contributed by atoms with Gasteiger partial charge >= 0.3 is 0 Å². The van der Waals surface area contributed by atoms with Crippen LogP contribution in [0.1, 0.15) is 48.9 Å². The number of aryl methyl sites for hydroxylation is 1. The van der Waals surface area contributed by atoms with Crippen LogP contribution in [-0.4, -0.2) is 14.5 Å². The molecule has 2 atom stereocenters. The van der Waals surface area contributed by atoms with Gasteiger partial charge in [-0.05, 0) is 49.9 Å². The zero-order valence-electron chi connectivity index (χ0n) is 13.2. The number of halogens is 1. The molecule has 0 radical (unpaired) electrons. The van der Waals surface area contributed by atoms with Crippen LogP contribution in [0.5, 0.6) is 0 Å². The quantitative estimate of drug-likeness (QED) is 0.682. The number of hydrogen-bond acceptors (Lipinski definition) is 2. The Morgan fingerprint density at radius 3 is 2.91 bits per heavy atom. The van der Waals surface area contributed by atoms with E-state index < -0.39 is 0 Å². The normalized spacial score (nSPS) is 21.7. The number of nitrogens with zero attached hydrogens (tertiary/aromatic N) is 3. The molecule has 2 heterocycles. The molecule has 118 valence electrons. The highest BCUT2D eigenvalue weighted by Crippen LogP contribution is 2.40. The van der Waals surface area contributed by atoms with E-state index >= 15 is 0 Å². The summed E-state index contributed by atoms with van der Waals surface area (Å²) in [4.78, 5) is 8.45. The van der Waals surface area contributed by atoms with Crippen molar-refractivity contribution >= 4 is 10.9 Å². The van der Waals surface area contributed by atoms with Gasteiger partial charge in [-0.1, -0.05) is 12.5 Å². The molecule has 1 saturated carbocycles. The number of rotatable bonds is 2. The van der Waals surface area contributed by atoms with Gasteiger partial charge in [-0.3, -0.25) is 0 Å². The standard InChI is InChI=1S/C19H20FN3/c1-13-5-6-17(20)16-8-10-23(19(13)16)15-4-2-3-14(11-15)18-7-9-21-12-22-18/h5-10,12,14-15H,2-4,11H2,1H3/t14-,15+/m0/s1. The molecule has 1 aromatic carbocycles. The number of aromatic nitrogens is 3. The second-order valence-electron chi connectivity index (χ2n) is 6.50. The van der Waals surface area contributed by atoms with Crippen molar-refractivity contribution in [1.82, 2.24) is 14.5 Å². The summed E-state index contributed by atoms with van der Waals surface area (Å²) in [5.74, 6) is 0.329. The fraction of sp³-hybridized carbons (Fsp3) is 0.368. The molecule has 0 spiro atoms. The molecule has 1 aliphatic rings. The van der Waals surface area contributed by atoms with Crippen molar-refractivity contribution in [3.8, 4) is 0 Å². The predicted molar refractivity (Wildman–Crippen MR) is 88.9 cm³/mol. The first-order chi connectivity index (χ1) is 11.2. The van der Waals surface area contributed by atoms with Gasteiger partial charge in [-0.2, -0.15) is 0 Å². The summed E-state index contributed by atoms with van der Waals surface area (Å²) < 4.78 is 16.3. The average Bonchev–Trinajstić information content (AvgIpc) is 3.06. The summed E-state index contributed by atoms with van der Waals surface area (Å²) in [5.41, 5.74) is 3.30. The first kappa shape index (κ1) is 14.4. The van der Waals surface area contributed by atoms with Gasteiger partial charge in [-0.25, -0.2) is 14.4 Å². The van der Waals surface area contributed by atoms with E-state index in [0.29, 0.717) is 12.0 Å². The van der Waals surface area contributed by atoms with Gasteiger partial charge in [0.15, 0.2) is 0 Å². The number of benzene rings is 1. The maximum Gasteiger partial charge on any atom is 0.132 e. The van der Waals surface area contributed by atoms with Gasteiger partial charge in [0, 0.05) is 35.4 Å². The Morgan fingerprint density at radius 1 is 1.17 bits per heavy atom. The van der Waals surface area contributed by atoms with Crippen LogP contribution in [0.3, 0.4) is 0 Å². The van der Waals surface area contributed by atoms with Crippen LogP contribution in [0.25, 0.3) is 10.9 Å². The molecule has 0 saturated heterocycles. The molecular formula is C19H20FN3. The molecule has 3 nitrogen and oxygen atoms in total. The van der Waals surface area contributed by atoms with E-state index in [2.05, 4.69) is 21.5 Å². The first-order valence-corrected chi connectivity index (χ1v) is 8.25. The fourth-order valence-corrected chi connectivity index (χ4v) is 3.96. The molecule has 4 heteroatoms. The Kier molecular flexibility index (Phi) is 3.60.